The van der Waals surface area contributed by atoms with Gasteiger partial charge in [-0.05, 0) is 32.2 Å². The molecular formula is C11H22N2O2. The molecule has 2 N–H and O–H groups in total. The molecule has 0 aromatic rings. The van der Waals surface area contributed by atoms with Gasteiger partial charge in [0.15, 0.2) is 0 Å². The van der Waals surface area contributed by atoms with Crippen molar-refractivity contribution >= 4 is 5.97 Å². The van der Waals surface area contributed by atoms with Gasteiger partial charge in [-0.15, -0.1) is 0 Å². The second-order valence-corrected chi connectivity index (χ2v) is 4.39. The van der Waals surface area contributed by atoms with Gasteiger partial charge < -0.3 is 15.4 Å². The Morgan fingerprint density at radius 1 is 1.67 bits per heavy atom. The Labute approximate surface area is 91.8 Å². The first kappa shape index (κ1) is 12.5. The summed E-state index contributed by atoms with van der Waals surface area (Å²) in [5.41, 5.74) is 5.89. The highest BCUT2D eigenvalue weighted by Gasteiger charge is 2.22. The van der Waals surface area contributed by atoms with Crippen molar-refractivity contribution in [3.63, 3.8) is 0 Å². The Balaban J connectivity index is 2.27. The summed E-state index contributed by atoms with van der Waals surface area (Å²) in [6.07, 6.45) is 2.89. The maximum Gasteiger partial charge on any atom is 0.306 e. The Hall–Kier alpha value is -0.610. The van der Waals surface area contributed by atoms with Gasteiger partial charge in [0.2, 0.25) is 0 Å². The molecule has 0 amide bonds. The summed E-state index contributed by atoms with van der Waals surface area (Å²) in [4.78, 5) is 13.3. The molecule has 1 rings (SSSR count). The molecule has 0 bridgehead atoms. The van der Waals surface area contributed by atoms with Crippen LogP contribution in [0.5, 0.6) is 0 Å². The van der Waals surface area contributed by atoms with Crippen LogP contribution in [0.2, 0.25) is 0 Å². The molecule has 1 saturated heterocycles. The molecule has 1 heterocycles. The molecule has 1 aliphatic heterocycles. The van der Waals surface area contributed by atoms with Gasteiger partial charge in [-0.25, -0.2) is 0 Å². The molecule has 0 aromatic carbocycles. The van der Waals surface area contributed by atoms with Crippen LogP contribution in [0, 0.1) is 5.92 Å². The minimum absolute atomic E-state index is 0.127. The van der Waals surface area contributed by atoms with E-state index in [1.54, 1.807) is 0 Å². The first-order valence-electron chi connectivity index (χ1n) is 5.68. The minimum atomic E-state index is -0.127. The van der Waals surface area contributed by atoms with Crippen LogP contribution in [0.4, 0.5) is 0 Å². The van der Waals surface area contributed by atoms with E-state index in [2.05, 4.69) is 16.6 Å². The standard InChI is InChI=1S/C11H22N2O2/c1-9(12)10-4-3-6-13(8-10)7-5-11(14)15-2/h9-10H,3-8,12H2,1-2H3. The fraction of sp³-hybridized carbons (Fsp3) is 0.909. The van der Waals surface area contributed by atoms with Crippen LogP contribution in [0.25, 0.3) is 0 Å². The summed E-state index contributed by atoms with van der Waals surface area (Å²) in [5, 5.41) is 0. The molecule has 0 aromatic heterocycles. The largest absolute Gasteiger partial charge is 0.469 e. The van der Waals surface area contributed by atoms with Crippen molar-refractivity contribution in [1.29, 1.82) is 0 Å². The Bertz CT molecular complexity index is 207. The van der Waals surface area contributed by atoms with Crippen LogP contribution in [0.3, 0.4) is 0 Å². The summed E-state index contributed by atoms with van der Waals surface area (Å²) < 4.78 is 4.63. The molecule has 0 saturated carbocycles. The molecule has 0 radical (unpaired) electrons. The number of carbonyl (C=O) groups excluding carboxylic acids is 1. The lowest BCUT2D eigenvalue weighted by Gasteiger charge is -2.34. The van der Waals surface area contributed by atoms with E-state index in [1.165, 1.54) is 20.0 Å². The van der Waals surface area contributed by atoms with E-state index >= 15 is 0 Å². The van der Waals surface area contributed by atoms with Crippen molar-refractivity contribution in [2.75, 3.05) is 26.7 Å². The zero-order valence-corrected chi connectivity index (χ0v) is 9.74. The van der Waals surface area contributed by atoms with E-state index in [9.17, 15) is 4.79 Å². The molecule has 4 nitrogen and oxygen atoms in total. The lowest BCUT2D eigenvalue weighted by molar-refractivity contribution is -0.141. The third kappa shape index (κ3) is 4.18. The van der Waals surface area contributed by atoms with Crippen LogP contribution in [-0.2, 0) is 9.53 Å². The lowest BCUT2D eigenvalue weighted by Crippen LogP contribution is -2.43. The second-order valence-electron chi connectivity index (χ2n) is 4.39. The smallest absolute Gasteiger partial charge is 0.306 e. The number of nitrogens with two attached hydrogens (primary N) is 1. The van der Waals surface area contributed by atoms with Crippen LogP contribution < -0.4 is 5.73 Å². The fourth-order valence-electron chi connectivity index (χ4n) is 2.08. The summed E-state index contributed by atoms with van der Waals surface area (Å²) in [6.45, 7) is 4.97. The number of rotatable bonds is 4. The molecule has 15 heavy (non-hydrogen) atoms. The topological polar surface area (TPSA) is 55.6 Å². The maximum absolute atomic E-state index is 11.0. The molecule has 2 unspecified atom stereocenters. The number of methoxy groups -OCH3 is 1. The third-order valence-electron chi connectivity index (χ3n) is 3.15. The molecule has 1 aliphatic rings. The molecule has 4 heteroatoms. The van der Waals surface area contributed by atoms with Gasteiger partial charge in [0, 0.05) is 19.1 Å². The number of nitrogens with zero attached hydrogens (tertiary/aromatic N) is 1. The maximum atomic E-state index is 11.0. The number of hydrogen-bond acceptors (Lipinski definition) is 4. The Morgan fingerprint density at radius 2 is 2.40 bits per heavy atom. The highest BCUT2D eigenvalue weighted by molar-refractivity contribution is 5.69. The van der Waals surface area contributed by atoms with Crippen molar-refractivity contribution in [1.82, 2.24) is 4.90 Å². The van der Waals surface area contributed by atoms with Crippen LogP contribution in [-0.4, -0.2) is 43.7 Å². The number of piperidine rings is 1. The van der Waals surface area contributed by atoms with Gasteiger partial charge in [0.05, 0.1) is 13.5 Å². The molecule has 1 fully saturated rings. The number of ether oxygens (including phenoxy) is 1. The highest BCUT2D eigenvalue weighted by atomic mass is 16.5. The van der Waals surface area contributed by atoms with Gasteiger partial charge >= 0.3 is 5.97 Å². The van der Waals surface area contributed by atoms with Gasteiger partial charge in [-0.2, -0.15) is 0 Å². The van der Waals surface area contributed by atoms with Gasteiger partial charge in [-0.3, -0.25) is 4.79 Å². The number of hydrogen-bond donors (Lipinski definition) is 1. The number of carbonyl (C=O) groups is 1. The van der Waals surface area contributed by atoms with Crippen molar-refractivity contribution in [2.24, 2.45) is 11.7 Å². The highest BCUT2D eigenvalue weighted by Crippen LogP contribution is 2.18. The van der Waals surface area contributed by atoms with E-state index < -0.39 is 0 Å². The predicted octanol–water partition coefficient (Wildman–Crippen LogP) is 0.609. The van der Waals surface area contributed by atoms with E-state index in [0.29, 0.717) is 12.3 Å². The molecule has 2 atom stereocenters. The quantitative estimate of drug-likeness (QED) is 0.697. The van der Waals surface area contributed by atoms with Crippen LogP contribution >= 0.6 is 0 Å². The summed E-state index contributed by atoms with van der Waals surface area (Å²) in [5.74, 6) is 0.453. The summed E-state index contributed by atoms with van der Waals surface area (Å²) in [7, 11) is 1.43. The van der Waals surface area contributed by atoms with Crippen molar-refractivity contribution in [3.05, 3.63) is 0 Å². The normalized spacial score (nSPS) is 24.9. The van der Waals surface area contributed by atoms with E-state index in [1.807, 2.05) is 0 Å². The predicted molar refractivity (Wildman–Crippen MR) is 59.4 cm³/mol. The van der Waals surface area contributed by atoms with Crippen LogP contribution in [0.1, 0.15) is 26.2 Å². The molecule has 0 aliphatic carbocycles. The molecule has 0 spiro atoms. The van der Waals surface area contributed by atoms with Crippen molar-refractivity contribution in [3.8, 4) is 0 Å². The minimum Gasteiger partial charge on any atom is -0.469 e. The summed E-state index contributed by atoms with van der Waals surface area (Å²) >= 11 is 0. The zero-order valence-electron chi connectivity index (χ0n) is 9.74. The van der Waals surface area contributed by atoms with E-state index in [4.69, 9.17) is 5.73 Å². The zero-order chi connectivity index (χ0) is 11.3. The van der Waals surface area contributed by atoms with E-state index in [0.717, 1.165) is 19.6 Å². The molecule has 88 valence electrons. The third-order valence-corrected chi connectivity index (χ3v) is 3.15. The molecular weight excluding hydrogens is 192 g/mol. The first-order valence-corrected chi connectivity index (χ1v) is 5.68. The van der Waals surface area contributed by atoms with Crippen molar-refractivity contribution < 1.29 is 9.53 Å². The SMILES string of the molecule is COC(=O)CCN1CCCC(C(C)N)C1. The number of likely N-dealkylation sites (tertiary alicyclic amines) is 1. The Morgan fingerprint density at radius 3 is 3.00 bits per heavy atom. The van der Waals surface area contributed by atoms with Gasteiger partial charge in [0.1, 0.15) is 0 Å². The Kier molecular flexibility index (Phi) is 5.05. The average molecular weight is 214 g/mol. The second kappa shape index (κ2) is 6.08. The monoisotopic (exact) mass is 214 g/mol. The van der Waals surface area contributed by atoms with Gasteiger partial charge in [-0.1, -0.05) is 0 Å². The fourth-order valence-corrected chi connectivity index (χ4v) is 2.08. The first-order chi connectivity index (χ1) is 7.13. The summed E-state index contributed by atoms with van der Waals surface area (Å²) in [6, 6.07) is 0.255. The van der Waals surface area contributed by atoms with E-state index in [-0.39, 0.29) is 12.0 Å². The van der Waals surface area contributed by atoms with Crippen molar-refractivity contribution in [2.45, 2.75) is 32.2 Å². The lowest BCUT2D eigenvalue weighted by atomic mass is 9.92. The van der Waals surface area contributed by atoms with Gasteiger partial charge in [0.25, 0.3) is 0 Å². The van der Waals surface area contributed by atoms with Crippen LogP contribution in [0.15, 0.2) is 0 Å². The number of esters is 1. The average Bonchev–Trinajstić information content (AvgIpc) is 2.26.